The highest BCUT2D eigenvalue weighted by Gasteiger charge is 2.11. The van der Waals surface area contributed by atoms with Crippen molar-refractivity contribution in [3.8, 4) is 17.2 Å². The van der Waals surface area contributed by atoms with Crippen molar-refractivity contribution in [2.24, 2.45) is 0 Å². The largest absolute Gasteiger partial charge is 0.497 e. The van der Waals surface area contributed by atoms with Crippen molar-refractivity contribution in [1.82, 2.24) is 9.55 Å². The summed E-state index contributed by atoms with van der Waals surface area (Å²) in [5.74, 6) is 1.67. The fraction of sp³-hybridized carbons (Fsp3) is 0.211. The predicted octanol–water partition coefficient (Wildman–Crippen LogP) is 2.67. The van der Waals surface area contributed by atoms with Crippen LogP contribution in [0.25, 0.3) is 16.6 Å². The molecule has 0 spiro atoms. The molecule has 0 atom stereocenters. The van der Waals surface area contributed by atoms with E-state index in [9.17, 15) is 9.59 Å². The first-order chi connectivity index (χ1) is 12.0. The molecule has 2 aromatic carbocycles. The molecule has 3 aromatic rings. The summed E-state index contributed by atoms with van der Waals surface area (Å²) in [6.45, 7) is 3.20. The van der Waals surface area contributed by atoms with Crippen LogP contribution in [0.2, 0.25) is 0 Å². The van der Waals surface area contributed by atoms with Crippen LogP contribution in [0.1, 0.15) is 12.7 Å². The summed E-state index contributed by atoms with van der Waals surface area (Å²) in [7, 11) is 1.59. The van der Waals surface area contributed by atoms with Crippen molar-refractivity contribution in [2.45, 2.75) is 13.8 Å². The van der Waals surface area contributed by atoms with Gasteiger partial charge in [0.05, 0.1) is 23.7 Å². The van der Waals surface area contributed by atoms with Gasteiger partial charge in [-0.25, -0.2) is 4.98 Å². The van der Waals surface area contributed by atoms with Crippen LogP contribution in [0.3, 0.4) is 0 Å². The van der Waals surface area contributed by atoms with Gasteiger partial charge < -0.3 is 9.47 Å². The number of Topliss-reactive ketones (excluding diaryl/α,β-unsaturated/α-hetero) is 1. The Kier molecular flexibility index (Phi) is 4.52. The van der Waals surface area contributed by atoms with Gasteiger partial charge in [0.1, 0.15) is 23.9 Å². The van der Waals surface area contributed by atoms with Crippen LogP contribution >= 0.6 is 0 Å². The number of carbonyl (C=O) groups excluding carboxylic acids is 1. The lowest BCUT2D eigenvalue weighted by Crippen LogP contribution is -2.22. The minimum Gasteiger partial charge on any atom is -0.497 e. The second-order valence-electron chi connectivity index (χ2n) is 5.67. The Bertz CT molecular complexity index is 991. The number of rotatable bonds is 5. The smallest absolute Gasteiger partial charge is 0.266 e. The van der Waals surface area contributed by atoms with Crippen molar-refractivity contribution in [1.29, 1.82) is 0 Å². The Labute approximate surface area is 144 Å². The molecule has 0 amide bonds. The monoisotopic (exact) mass is 338 g/mol. The van der Waals surface area contributed by atoms with Crippen LogP contribution < -0.4 is 15.0 Å². The first-order valence-corrected chi connectivity index (χ1v) is 7.79. The lowest BCUT2D eigenvalue weighted by Gasteiger charge is -2.12. The number of hydrogen-bond donors (Lipinski definition) is 0. The predicted molar refractivity (Wildman–Crippen MR) is 94.8 cm³/mol. The summed E-state index contributed by atoms with van der Waals surface area (Å²) >= 11 is 0. The lowest BCUT2D eigenvalue weighted by molar-refractivity contribution is -0.118. The van der Waals surface area contributed by atoms with E-state index in [4.69, 9.17) is 9.47 Å². The average Bonchev–Trinajstić information content (AvgIpc) is 2.60. The van der Waals surface area contributed by atoms with Crippen molar-refractivity contribution >= 4 is 16.7 Å². The Balaban J connectivity index is 2.11. The van der Waals surface area contributed by atoms with E-state index >= 15 is 0 Å². The molecular weight excluding hydrogens is 320 g/mol. The number of methoxy groups -OCH3 is 1. The minimum absolute atomic E-state index is 0.0303. The van der Waals surface area contributed by atoms with E-state index in [-0.39, 0.29) is 17.9 Å². The molecule has 0 unspecified atom stereocenters. The number of benzene rings is 2. The van der Waals surface area contributed by atoms with Gasteiger partial charge in [-0.15, -0.1) is 0 Å². The molecule has 0 saturated carbocycles. The van der Waals surface area contributed by atoms with Gasteiger partial charge in [-0.1, -0.05) is 0 Å². The van der Waals surface area contributed by atoms with Gasteiger partial charge >= 0.3 is 0 Å². The highest BCUT2D eigenvalue weighted by Crippen LogP contribution is 2.20. The molecule has 0 radical (unpaired) electrons. The summed E-state index contributed by atoms with van der Waals surface area (Å²) in [6.07, 6.45) is 0. The molecule has 6 nitrogen and oxygen atoms in total. The zero-order chi connectivity index (χ0) is 18.0. The summed E-state index contributed by atoms with van der Waals surface area (Å²) in [4.78, 5) is 28.5. The third kappa shape index (κ3) is 3.38. The third-order valence-corrected chi connectivity index (χ3v) is 3.78. The van der Waals surface area contributed by atoms with Gasteiger partial charge in [-0.05, 0) is 56.3 Å². The Morgan fingerprint density at radius 3 is 2.44 bits per heavy atom. The van der Waals surface area contributed by atoms with Crippen LogP contribution in [-0.2, 0) is 4.79 Å². The van der Waals surface area contributed by atoms with Gasteiger partial charge in [-0.2, -0.15) is 0 Å². The number of ketones is 1. The molecule has 0 bridgehead atoms. The van der Waals surface area contributed by atoms with Gasteiger partial charge in [-0.3, -0.25) is 14.2 Å². The fourth-order valence-electron chi connectivity index (χ4n) is 2.59. The van der Waals surface area contributed by atoms with Crippen molar-refractivity contribution in [2.75, 3.05) is 13.7 Å². The normalized spacial score (nSPS) is 10.7. The van der Waals surface area contributed by atoms with Gasteiger partial charge in [0.25, 0.3) is 5.56 Å². The number of fused-ring (bicyclic) bond motifs is 1. The standard InChI is InChI=1S/C19H18N2O4/c1-12(22)11-25-16-8-9-18-17(10-16)19(23)21(13(2)20-18)14-4-6-15(24-3)7-5-14/h4-10H,11H2,1-3H3. The lowest BCUT2D eigenvalue weighted by atomic mass is 10.2. The van der Waals surface area contributed by atoms with E-state index in [0.717, 1.165) is 0 Å². The molecule has 1 heterocycles. The topological polar surface area (TPSA) is 70.4 Å². The molecule has 0 fully saturated rings. The van der Waals surface area contributed by atoms with E-state index in [1.165, 1.54) is 11.5 Å². The zero-order valence-corrected chi connectivity index (χ0v) is 14.3. The summed E-state index contributed by atoms with van der Waals surface area (Å²) in [5.41, 5.74) is 1.09. The number of hydrogen-bond acceptors (Lipinski definition) is 5. The highest BCUT2D eigenvalue weighted by atomic mass is 16.5. The molecule has 0 N–H and O–H groups in total. The minimum atomic E-state index is -0.194. The summed E-state index contributed by atoms with van der Waals surface area (Å²) < 4.78 is 12.1. The van der Waals surface area contributed by atoms with Crippen LogP contribution in [0, 0.1) is 6.92 Å². The average molecular weight is 338 g/mol. The zero-order valence-electron chi connectivity index (χ0n) is 14.3. The Morgan fingerprint density at radius 1 is 1.12 bits per heavy atom. The molecule has 1 aromatic heterocycles. The van der Waals surface area contributed by atoms with E-state index in [1.807, 2.05) is 0 Å². The molecule has 0 aliphatic heterocycles. The first kappa shape index (κ1) is 16.7. The van der Waals surface area contributed by atoms with Crippen LogP contribution in [0.15, 0.2) is 47.3 Å². The van der Waals surface area contributed by atoms with E-state index < -0.39 is 0 Å². The second-order valence-corrected chi connectivity index (χ2v) is 5.67. The van der Waals surface area contributed by atoms with Gasteiger partial charge in [0, 0.05) is 0 Å². The molecule has 128 valence electrons. The maximum Gasteiger partial charge on any atom is 0.266 e. The molecule has 0 aliphatic carbocycles. The SMILES string of the molecule is COc1ccc(-n2c(C)nc3ccc(OCC(C)=O)cc3c2=O)cc1. The van der Waals surface area contributed by atoms with Crippen molar-refractivity contribution in [3.05, 3.63) is 58.6 Å². The van der Waals surface area contributed by atoms with Crippen LogP contribution in [0.4, 0.5) is 0 Å². The molecule has 3 rings (SSSR count). The number of aryl methyl sites for hydroxylation is 1. The Morgan fingerprint density at radius 2 is 1.80 bits per heavy atom. The molecule has 0 saturated heterocycles. The van der Waals surface area contributed by atoms with Crippen molar-refractivity contribution in [3.63, 3.8) is 0 Å². The summed E-state index contributed by atoms with van der Waals surface area (Å²) in [5, 5.41) is 0.433. The number of ether oxygens (including phenoxy) is 2. The van der Waals surface area contributed by atoms with E-state index in [2.05, 4.69) is 4.98 Å². The van der Waals surface area contributed by atoms with Gasteiger partial charge in [0.2, 0.25) is 0 Å². The molecule has 0 aliphatic rings. The maximum absolute atomic E-state index is 13.0. The molecule has 25 heavy (non-hydrogen) atoms. The number of aromatic nitrogens is 2. The van der Waals surface area contributed by atoms with E-state index in [0.29, 0.717) is 33.9 Å². The quantitative estimate of drug-likeness (QED) is 0.715. The van der Waals surface area contributed by atoms with E-state index in [1.54, 1.807) is 56.5 Å². The molecule has 6 heteroatoms. The summed E-state index contributed by atoms with van der Waals surface area (Å²) in [6, 6.07) is 12.2. The first-order valence-electron chi connectivity index (χ1n) is 7.79. The number of carbonyl (C=O) groups is 1. The van der Waals surface area contributed by atoms with Crippen molar-refractivity contribution < 1.29 is 14.3 Å². The Hall–Kier alpha value is -3.15. The van der Waals surface area contributed by atoms with Gasteiger partial charge in [0.15, 0.2) is 5.78 Å². The molecular formula is C19H18N2O4. The maximum atomic E-state index is 13.0. The van der Waals surface area contributed by atoms with Crippen LogP contribution in [-0.4, -0.2) is 29.1 Å². The fourth-order valence-corrected chi connectivity index (χ4v) is 2.59. The van der Waals surface area contributed by atoms with Crippen LogP contribution in [0.5, 0.6) is 11.5 Å². The number of nitrogens with zero attached hydrogens (tertiary/aromatic N) is 2. The second kappa shape index (κ2) is 6.76. The highest BCUT2D eigenvalue weighted by molar-refractivity contribution is 5.80. The third-order valence-electron chi connectivity index (χ3n) is 3.78.